The topological polar surface area (TPSA) is 55.3 Å². The Labute approximate surface area is 171 Å². The average Bonchev–Trinajstić information content (AvgIpc) is 2.79. The fourth-order valence-corrected chi connectivity index (χ4v) is 3.87. The molecular weight excluding hydrogens is 362 g/mol. The molecule has 0 unspecified atom stereocenters. The van der Waals surface area contributed by atoms with Gasteiger partial charge < -0.3 is 9.64 Å². The van der Waals surface area contributed by atoms with Crippen LogP contribution in [0.2, 0.25) is 0 Å². The lowest BCUT2D eigenvalue weighted by molar-refractivity contribution is 0.0712. The lowest BCUT2D eigenvalue weighted by atomic mass is 9.92. The Morgan fingerprint density at radius 2 is 1.83 bits per heavy atom. The molecule has 1 aliphatic heterocycles. The summed E-state index contributed by atoms with van der Waals surface area (Å²) < 4.78 is 5.32. The van der Waals surface area contributed by atoms with E-state index in [0.717, 1.165) is 49.5 Å². The van der Waals surface area contributed by atoms with E-state index in [-0.39, 0.29) is 5.91 Å². The summed E-state index contributed by atoms with van der Waals surface area (Å²) in [5.41, 5.74) is 4.08. The van der Waals surface area contributed by atoms with Crippen molar-refractivity contribution in [1.29, 1.82) is 0 Å². The van der Waals surface area contributed by atoms with Gasteiger partial charge in [-0.05, 0) is 54.8 Å². The molecule has 3 heterocycles. The van der Waals surface area contributed by atoms with Gasteiger partial charge in [0.25, 0.3) is 5.91 Å². The Kier molecular flexibility index (Phi) is 5.84. The molecule has 0 bridgehead atoms. The molecule has 5 heteroatoms. The van der Waals surface area contributed by atoms with Gasteiger partial charge >= 0.3 is 0 Å². The second-order valence-electron chi connectivity index (χ2n) is 7.38. The molecule has 0 spiro atoms. The maximum atomic E-state index is 12.6. The van der Waals surface area contributed by atoms with E-state index >= 15 is 0 Å². The van der Waals surface area contributed by atoms with Crippen LogP contribution < -0.4 is 4.74 Å². The lowest BCUT2D eigenvalue weighted by Gasteiger charge is -2.32. The Morgan fingerprint density at radius 1 is 1.07 bits per heavy atom. The van der Waals surface area contributed by atoms with Crippen LogP contribution in [0.25, 0.3) is 0 Å². The van der Waals surface area contributed by atoms with Gasteiger partial charge in [0.1, 0.15) is 5.75 Å². The van der Waals surface area contributed by atoms with Crippen molar-refractivity contribution in [1.82, 2.24) is 14.9 Å². The molecule has 0 atom stereocenters. The van der Waals surface area contributed by atoms with Crippen LogP contribution >= 0.6 is 0 Å². The van der Waals surface area contributed by atoms with Crippen LogP contribution in [0.4, 0.5) is 0 Å². The number of rotatable bonds is 5. The third-order valence-corrected chi connectivity index (χ3v) is 5.48. The molecule has 1 saturated heterocycles. The van der Waals surface area contributed by atoms with Gasteiger partial charge in [-0.1, -0.05) is 18.2 Å². The monoisotopic (exact) mass is 387 g/mol. The lowest BCUT2D eigenvalue weighted by Crippen LogP contribution is -2.38. The highest BCUT2D eigenvalue weighted by Crippen LogP contribution is 2.28. The molecule has 1 aromatic carbocycles. The first-order valence-electron chi connectivity index (χ1n) is 10.0. The molecule has 29 heavy (non-hydrogen) atoms. The zero-order chi connectivity index (χ0) is 20.1. The SMILES string of the molecule is COc1cccc(Cc2cccc(C3CCN(C(=O)c4ccncc4)CC3)n2)c1. The van der Waals surface area contributed by atoms with Gasteiger partial charge in [0.05, 0.1) is 7.11 Å². The first-order valence-corrected chi connectivity index (χ1v) is 10.0. The smallest absolute Gasteiger partial charge is 0.253 e. The van der Waals surface area contributed by atoms with Crippen LogP contribution in [0.5, 0.6) is 5.75 Å². The Hall–Kier alpha value is -3.21. The molecule has 0 N–H and O–H groups in total. The van der Waals surface area contributed by atoms with E-state index in [9.17, 15) is 4.79 Å². The number of nitrogens with zero attached hydrogens (tertiary/aromatic N) is 3. The molecule has 1 aliphatic rings. The van der Waals surface area contributed by atoms with E-state index in [2.05, 4.69) is 35.3 Å². The number of benzene rings is 1. The summed E-state index contributed by atoms with van der Waals surface area (Å²) >= 11 is 0. The first-order chi connectivity index (χ1) is 14.2. The van der Waals surface area contributed by atoms with Crippen molar-refractivity contribution in [2.24, 2.45) is 0 Å². The third-order valence-electron chi connectivity index (χ3n) is 5.48. The van der Waals surface area contributed by atoms with Crippen LogP contribution in [0.3, 0.4) is 0 Å². The molecule has 0 saturated carbocycles. The zero-order valence-corrected chi connectivity index (χ0v) is 16.6. The Morgan fingerprint density at radius 3 is 2.59 bits per heavy atom. The average molecular weight is 387 g/mol. The number of pyridine rings is 2. The van der Waals surface area contributed by atoms with Crippen molar-refractivity contribution in [2.75, 3.05) is 20.2 Å². The second kappa shape index (κ2) is 8.86. The van der Waals surface area contributed by atoms with Gasteiger partial charge in [-0.2, -0.15) is 0 Å². The highest BCUT2D eigenvalue weighted by atomic mass is 16.5. The van der Waals surface area contributed by atoms with Crippen molar-refractivity contribution < 1.29 is 9.53 Å². The number of methoxy groups -OCH3 is 1. The fraction of sp³-hybridized carbons (Fsp3) is 0.292. The molecule has 3 aromatic rings. The second-order valence-corrected chi connectivity index (χ2v) is 7.38. The van der Waals surface area contributed by atoms with E-state index in [1.807, 2.05) is 17.0 Å². The number of likely N-dealkylation sites (tertiary alicyclic amines) is 1. The van der Waals surface area contributed by atoms with Crippen LogP contribution in [-0.4, -0.2) is 41.0 Å². The standard InChI is InChI=1S/C24H25N3O2/c1-29-22-6-2-4-18(17-22)16-21-5-3-7-23(26-21)19-10-14-27(15-11-19)24(28)20-8-12-25-13-9-20/h2-9,12-13,17,19H,10-11,14-16H2,1H3. The van der Waals surface area contributed by atoms with E-state index in [0.29, 0.717) is 11.5 Å². The van der Waals surface area contributed by atoms with Crippen LogP contribution in [0.1, 0.15) is 46.1 Å². The molecule has 0 aliphatic carbocycles. The van der Waals surface area contributed by atoms with Gasteiger partial charge in [-0.3, -0.25) is 14.8 Å². The molecule has 5 nitrogen and oxygen atoms in total. The summed E-state index contributed by atoms with van der Waals surface area (Å²) in [6, 6.07) is 17.9. The van der Waals surface area contributed by atoms with Crippen molar-refractivity contribution >= 4 is 5.91 Å². The quantitative estimate of drug-likeness (QED) is 0.662. The van der Waals surface area contributed by atoms with E-state index in [1.54, 1.807) is 31.6 Å². The maximum absolute atomic E-state index is 12.6. The number of ether oxygens (including phenoxy) is 1. The predicted molar refractivity (Wildman–Crippen MR) is 112 cm³/mol. The summed E-state index contributed by atoms with van der Waals surface area (Å²) in [6.45, 7) is 1.52. The van der Waals surface area contributed by atoms with E-state index in [1.165, 1.54) is 5.56 Å². The van der Waals surface area contributed by atoms with Crippen LogP contribution in [0, 0.1) is 0 Å². The Balaban J connectivity index is 1.40. The molecule has 1 amide bonds. The van der Waals surface area contributed by atoms with Crippen molar-refractivity contribution in [3.05, 3.63) is 89.5 Å². The molecule has 0 radical (unpaired) electrons. The number of amides is 1. The maximum Gasteiger partial charge on any atom is 0.253 e. The van der Waals surface area contributed by atoms with Gasteiger partial charge in [-0.15, -0.1) is 0 Å². The minimum atomic E-state index is 0.0885. The van der Waals surface area contributed by atoms with Crippen molar-refractivity contribution in [3.63, 3.8) is 0 Å². The highest BCUT2D eigenvalue weighted by Gasteiger charge is 2.25. The molecular formula is C24H25N3O2. The zero-order valence-electron chi connectivity index (χ0n) is 16.6. The normalized spacial score (nSPS) is 14.6. The highest BCUT2D eigenvalue weighted by molar-refractivity contribution is 5.94. The summed E-state index contributed by atoms with van der Waals surface area (Å²) in [5, 5.41) is 0. The van der Waals surface area contributed by atoms with Gasteiger partial charge in [0, 0.05) is 54.8 Å². The summed E-state index contributed by atoms with van der Waals surface area (Å²) in [7, 11) is 1.68. The fourth-order valence-electron chi connectivity index (χ4n) is 3.87. The largest absolute Gasteiger partial charge is 0.497 e. The van der Waals surface area contributed by atoms with Crippen molar-refractivity contribution in [2.45, 2.75) is 25.2 Å². The molecule has 4 rings (SSSR count). The third kappa shape index (κ3) is 4.62. The minimum absolute atomic E-state index is 0.0885. The number of carbonyl (C=O) groups excluding carboxylic acids is 1. The first kappa shape index (κ1) is 19.1. The molecule has 1 fully saturated rings. The van der Waals surface area contributed by atoms with Crippen LogP contribution in [0.15, 0.2) is 67.0 Å². The number of aromatic nitrogens is 2. The summed E-state index contributed by atoms with van der Waals surface area (Å²) in [6.07, 6.45) is 5.98. The summed E-state index contributed by atoms with van der Waals surface area (Å²) in [4.78, 5) is 23.5. The number of hydrogen-bond acceptors (Lipinski definition) is 4. The number of piperidine rings is 1. The molecule has 2 aromatic heterocycles. The van der Waals surface area contributed by atoms with Crippen molar-refractivity contribution in [3.8, 4) is 5.75 Å². The van der Waals surface area contributed by atoms with Gasteiger partial charge in [0.2, 0.25) is 0 Å². The number of carbonyl (C=O) groups is 1. The summed E-state index contributed by atoms with van der Waals surface area (Å²) in [5.74, 6) is 1.34. The van der Waals surface area contributed by atoms with Gasteiger partial charge in [-0.25, -0.2) is 0 Å². The minimum Gasteiger partial charge on any atom is -0.497 e. The Bertz CT molecular complexity index is 967. The van der Waals surface area contributed by atoms with Crippen LogP contribution in [-0.2, 0) is 6.42 Å². The van der Waals surface area contributed by atoms with E-state index in [4.69, 9.17) is 9.72 Å². The van der Waals surface area contributed by atoms with E-state index < -0.39 is 0 Å². The molecule has 148 valence electrons. The predicted octanol–water partition coefficient (Wildman–Crippen LogP) is 4.10. The number of hydrogen-bond donors (Lipinski definition) is 0. The van der Waals surface area contributed by atoms with Gasteiger partial charge in [0.15, 0.2) is 0 Å².